The van der Waals surface area contributed by atoms with Gasteiger partial charge in [0.1, 0.15) is 5.70 Å². The third kappa shape index (κ3) is 4.18. The van der Waals surface area contributed by atoms with Crippen LogP contribution in [-0.2, 0) is 9.53 Å². The molecule has 2 heterocycles. The Balaban J connectivity index is 1.51. The molecular formula is C23H25N3O2S. The summed E-state index contributed by atoms with van der Waals surface area (Å²) in [5.41, 5.74) is 4.63. The van der Waals surface area contributed by atoms with E-state index in [0.29, 0.717) is 16.7 Å². The van der Waals surface area contributed by atoms with Crippen molar-refractivity contribution in [3.05, 3.63) is 65.4 Å². The topological polar surface area (TPSA) is 44.8 Å². The van der Waals surface area contributed by atoms with Crippen molar-refractivity contribution in [2.75, 3.05) is 36.1 Å². The standard InChI is InChI=1S/C23H25N3O2S/c1-16(2)18-5-9-20(10-6-18)26-22(27)21(24-23(26)29)15-17-3-7-19(8-4-17)25-11-13-28-14-12-25/h3-10,15-16H,11-14H2,1-2H3,(H,24,29). The van der Waals surface area contributed by atoms with Crippen LogP contribution in [0.25, 0.3) is 6.08 Å². The predicted molar refractivity (Wildman–Crippen MR) is 121 cm³/mol. The number of amides is 1. The van der Waals surface area contributed by atoms with Gasteiger partial charge in [0.2, 0.25) is 0 Å². The van der Waals surface area contributed by atoms with E-state index in [4.69, 9.17) is 17.0 Å². The van der Waals surface area contributed by atoms with E-state index >= 15 is 0 Å². The van der Waals surface area contributed by atoms with E-state index in [1.807, 2.05) is 42.5 Å². The molecule has 29 heavy (non-hydrogen) atoms. The highest BCUT2D eigenvalue weighted by Gasteiger charge is 2.31. The first-order chi connectivity index (χ1) is 14.0. The smallest absolute Gasteiger partial charge is 0.281 e. The van der Waals surface area contributed by atoms with E-state index in [1.165, 1.54) is 11.3 Å². The summed E-state index contributed by atoms with van der Waals surface area (Å²) in [4.78, 5) is 16.8. The van der Waals surface area contributed by atoms with Gasteiger partial charge in [0.25, 0.3) is 5.91 Å². The van der Waals surface area contributed by atoms with Crippen LogP contribution in [-0.4, -0.2) is 37.3 Å². The molecule has 1 amide bonds. The van der Waals surface area contributed by atoms with Crippen molar-refractivity contribution in [2.45, 2.75) is 19.8 Å². The molecule has 0 saturated carbocycles. The molecule has 2 aliphatic heterocycles. The Morgan fingerprint density at radius 3 is 2.24 bits per heavy atom. The molecule has 2 fully saturated rings. The Bertz CT molecular complexity index is 930. The molecule has 0 atom stereocenters. The Morgan fingerprint density at radius 1 is 1.00 bits per heavy atom. The van der Waals surface area contributed by atoms with Crippen LogP contribution in [0.1, 0.15) is 30.9 Å². The van der Waals surface area contributed by atoms with E-state index in [0.717, 1.165) is 37.6 Å². The average Bonchev–Trinajstić information content (AvgIpc) is 3.02. The van der Waals surface area contributed by atoms with Crippen molar-refractivity contribution in [1.29, 1.82) is 0 Å². The third-order valence-electron chi connectivity index (χ3n) is 5.28. The molecule has 6 heteroatoms. The monoisotopic (exact) mass is 407 g/mol. The summed E-state index contributed by atoms with van der Waals surface area (Å²) in [6.45, 7) is 7.62. The second kappa shape index (κ2) is 8.35. The molecule has 0 bridgehead atoms. The number of carbonyl (C=O) groups is 1. The van der Waals surface area contributed by atoms with Gasteiger partial charge in [0.05, 0.1) is 18.9 Å². The lowest BCUT2D eigenvalue weighted by Gasteiger charge is -2.28. The van der Waals surface area contributed by atoms with Crippen molar-refractivity contribution in [3.8, 4) is 0 Å². The van der Waals surface area contributed by atoms with Crippen LogP contribution in [0.15, 0.2) is 54.2 Å². The molecule has 0 aromatic heterocycles. The lowest BCUT2D eigenvalue weighted by Crippen LogP contribution is -2.36. The summed E-state index contributed by atoms with van der Waals surface area (Å²) in [7, 11) is 0. The number of hydrogen-bond donors (Lipinski definition) is 1. The van der Waals surface area contributed by atoms with Crippen LogP contribution in [0.2, 0.25) is 0 Å². The second-order valence-electron chi connectivity index (χ2n) is 7.57. The van der Waals surface area contributed by atoms with Crippen LogP contribution in [0.4, 0.5) is 11.4 Å². The Hall–Kier alpha value is -2.70. The molecule has 2 aliphatic rings. The number of nitrogens with zero attached hydrogens (tertiary/aromatic N) is 2. The zero-order valence-corrected chi connectivity index (χ0v) is 17.5. The van der Waals surface area contributed by atoms with Crippen molar-refractivity contribution in [2.24, 2.45) is 0 Å². The number of benzene rings is 2. The summed E-state index contributed by atoms with van der Waals surface area (Å²) in [5.74, 6) is 0.309. The first kappa shape index (κ1) is 19.6. The highest BCUT2D eigenvalue weighted by Crippen LogP contribution is 2.25. The zero-order valence-electron chi connectivity index (χ0n) is 16.7. The van der Waals surface area contributed by atoms with Crippen molar-refractivity contribution < 1.29 is 9.53 Å². The van der Waals surface area contributed by atoms with E-state index < -0.39 is 0 Å². The number of thiocarbonyl (C=S) groups is 1. The molecule has 0 radical (unpaired) electrons. The lowest BCUT2D eigenvalue weighted by atomic mass is 10.0. The lowest BCUT2D eigenvalue weighted by molar-refractivity contribution is -0.113. The molecule has 1 N–H and O–H groups in total. The number of rotatable bonds is 4. The van der Waals surface area contributed by atoms with Crippen molar-refractivity contribution in [3.63, 3.8) is 0 Å². The van der Waals surface area contributed by atoms with Gasteiger partial charge in [0, 0.05) is 18.8 Å². The third-order valence-corrected chi connectivity index (χ3v) is 5.56. The maximum absolute atomic E-state index is 12.9. The summed E-state index contributed by atoms with van der Waals surface area (Å²) in [5, 5.41) is 3.46. The van der Waals surface area contributed by atoms with Crippen molar-refractivity contribution in [1.82, 2.24) is 5.32 Å². The maximum atomic E-state index is 12.9. The summed E-state index contributed by atoms with van der Waals surface area (Å²) < 4.78 is 5.41. The quantitative estimate of drug-likeness (QED) is 0.615. The summed E-state index contributed by atoms with van der Waals surface area (Å²) in [6.07, 6.45) is 1.85. The minimum absolute atomic E-state index is 0.135. The van der Waals surface area contributed by atoms with Crippen LogP contribution in [0.5, 0.6) is 0 Å². The second-order valence-corrected chi connectivity index (χ2v) is 7.95. The molecule has 2 aromatic rings. The van der Waals surface area contributed by atoms with Gasteiger partial charge >= 0.3 is 0 Å². The average molecular weight is 408 g/mol. The van der Waals surface area contributed by atoms with Gasteiger partial charge in [-0.05, 0) is 59.6 Å². The van der Waals surface area contributed by atoms with E-state index in [2.05, 4.69) is 36.2 Å². The van der Waals surface area contributed by atoms with Crippen LogP contribution < -0.4 is 15.1 Å². The van der Waals surface area contributed by atoms with Crippen LogP contribution in [0.3, 0.4) is 0 Å². The highest BCUT2D eigenvalue weighted by atomic mass is 32.1. The minimum atomic E-state index is -0.135. The van der Waals surface area contributed by atoms with Crippen molar-refractivity contribution >= 4 is 40.7 Å². The largest absolute Gasteiger partial charge is 0.378 e. The Labute approximate surface area is 177 Å². The van der Waals surface area contributed by atoms with Gasteiger partial charge in [-0.1, -0.05) is 38.1 Å². The summed E-state index contributed by atoms with van der Waals surface area (Å²) >= 11 is 5.42. The van der Waals surface area contributed by atoms with Gasteiger partial charge in [0.15, 0.2) is 5.11 Å². The zero-order chi connectivity index (χ0) is 20.4. The maximum Gasteiger partial charge on any atom is 0.281 e. The molecule has 150 valence electrons. The first-order valence-corrected chi connectivity index (χ1v) is 10.3. The fourth-order valence-corrected chi connectivity index (χ4v) is 3.85. The molecule has 0 spiro atoms. The minimum Gasteiger partial charge on any atom is -0.378 e. The van der Waals surface area contributed by atoms with Gasteiger partial charge in [-0.2, -0.15) is 0 Å². The number of morpholine rings is 1. The fourth-order valence-electron chi connectivity index (χ4n) is 3.55. The SMILES string of the molecule is CC(C)c1ccc(N2C(=O)C(=Cc3ccc(N4CCOCC4)cc3)NC2=S)cc1. The fraction of sp³-hybridized carbons (Fsp3) is 0.304. The predicted octanol–water partition coefficient (Wildman–Crippen LogP) is 3.91. The Kier molecular flexibility index (Phi) is 5.65. The highest BCUT2D eigenvalue weighted by molar-refractivity contribution is 7.80. The van der Waals surface area contributed by atoms with Gasteiger partial charge in [-0.3, -0.25) is 9.69 Å². The van der Waals surface area contributed by atoms with Crippen LogP contribution >= 0.6 is 12.2 Å². The van der Waals surface area contributed by atoms with Crippen LogP contribution in [0, 0.1) is 0 Å². The molecular weight excluding hydrogens is 382 g/mol. The number of anilines is 2. The molecule has 0 aliphatic carbocycles. The van der Waals surface area contributed by atoms with E-state index in [9.17, 15) is 4.79 Å². The summed E-state index contributed by atoms with van der Waals surface area (Å²) in [6, 6.07) is 16.2. The number of nitrogens with one attached hydrogen (secondary N) is 1. The van der Waals surface area contributed by atoms with Gasteiger partial charge in [-0.15, -0.1) is 0 Å². The van der Waals surface area contributed by atoms with E-state index in [-0.39, 0.29) is 5.91 Å². The normalized spacial score (nSPS) is 18.7. The first-order valence-electron chi connectivity index (χ1n) is 9.93. The molecule has 0 unspecified atom stereocenters. The molecule has 5 nitrogen and oxygen atoms in total. The number of ether oxygens (including phenoxy) is 1. The molecule has 2 aromatic carbocycles. The molecule has 4 rings (SSSR count). The number of carbonyl (C=O) groups excluding carboxylic acids is 1. The number of hydrogen-bond acceptors (Lipinski definition) is 4. The Morgan fingerprint density at radius 2 is 1.62 bits per heavy atom. The van der Waals surface area contributed by atoms with Gasteiger partial charge < -0.3 is 15.0 Å². The van der Waals surface area contributed by atoms with Gasteiger partial charge in [-0.25, -0.2) is 0 Å². The van der Waals surface area contributed by atoms with E-state index in [1.54, 1.807) is 4.90 Å². The molecule has 2 saturated heterocycles.